The number of anilines is 1. The van der Waals surface area contributed by atoms with Crippen molar-refractivity contribution < 1.29 is 4.79 Å². The zero-order valence-electron chi connectivity index (χ0n) is 16.6. The van der Waals surface area contributed by atoms with Crippen molar-refractivity contribution in [1.82, 2.24) is 19.8 Å². The lowest BCUT2D eigenvalue weighted by Gasteiger charge is -2.10. The summed E-state index contributed by atoms with van der Waals surface area (Å²) < 4.78 is 2.69. The molecule has 0 radical (unpaired) electrons. The molecule has 2 aromatic heterocycles. The van der Waals surface area contributed by atoms with Crippen LogP contribution in [0.3, 0.4) is 0 Å². The molecule has 1 amide bonds. The molecule has 0 aliphatic carbocycles. The van der Waals surface area contributed by atoms with Gasteiger partial charge in [-0.3, -0.25) is 4.79 Å². The summed E-state index contributed by atoms with van der Waals surface area (Å²) in [6.45, 7) is 7.74. The minimum atomic E-state index is -0.304. The molecule has 0 unspecified atom stereocenters. The van der Waals surface area contributed by atoms with Gasteiger partial charge in [0.05, 0.1) is 17.0 Å². The van der Waals surface area contributed by atoms with E-state index in [4.69, 9.17) is 0 Å². The van der Waals surface area contributed by atoms with Crippen LogP contribution in [-0.2, 0) is 0 Å². The van der Waals surface area contributed by atoms with E-state index in [1.165, 1.54) is 0 Å². The van der Waals surface area contributed by atoms with Crippen molar-refractivity contribution in [3.8, 4) is 11.1 Å². The number of rotatable bonds is 3. The van der Waals surface area contributed by atoms with Gasteiger partial charge in [-0.2, -0.15) is 5.10 Å². The van der Waals surface area contributed by atoms with Crippen molar-refractivity contribution in [3.05, 3.63) is 75.1 Å². The largest absolute Gasteiger partial charge is 0.320 e. The fraction of sp³-hybridized carbons (Fsp3) is 0.182. The van der Waals surface area contributed by atoms with E-state index in [2.05, 4.69) is 36.5 Å². The highest BCUT2D eigenvalue weighted by Gasteiger charge is 2.20. The monoisotopic (exact) mass is 449 g/mol. The normalized spacial score (nSPS) is 11.1. The highest BCUT2D eigenvalue weighted by molar-refractivity contribution is 9.10. The van der Waals surface area contributed by atoms with Crippen LogP contribution in [0.1, 0.15) is 33.0 Å². The van der Waals surface area contributed by atoms with Crippen molar-refractivity contribution in [2.75, 3.05) is 5.32 Å². The van der Waals surface area contributed by atoms with Gasteiger partial charge in [0.1, 0.15) is 0 Å². The van der Waals surface area contributed by atoms with Crippen LogP contribution in [0.15, 0.2) is 46.9 Å². The summed E-state index contributed by atoms with van der Waals surface area (Å²) in [7, 11) is 0. The molecule has 0 fully saturated rings. The van der Waals surface area contributed by atoms with Gasteiger partial charge in [-0.1, -0.05) is 45.8 Å². The summed E-state index contributed by atoms with van der Waals surface area (Å²) in [5.41, 5.74) is 7.17. The van der Waals surface area contributed by atoms with E-state index in [-0.39, 0.29) is 11.6 Å². The van der Waals surface area contributed by atoms with E-state index in [0.29, 0.717) is 11.3 Å². The first-order valence-corrected chi connectivity index (χ1v) is 10.0. The van der Waals surface area contributed by atoms with Crippen molar-refractivity contribution in [1.29, 1.82) is 0 Å². The number of nitrogens with one attached hydrogen (secondary N) is 1. The van der Waals surface area contributed by atoms with Crippen LogP contribution in [0.4, 0.5) is 5.69 Å². The molecule has 146 valence electrons. The number of hydrogen-bond acceptors (Lipinski definition) is 4. The SMILES string of the molecule is Cc1ccc(NC(=O)c2nnc3c(-c4ccc(Br)cc4)c(C)nn3c2C)c(C)c1. The van der Waals surface area contributed by atoms with Crippen molar-refractivity contribution in [2.45, 2.75) is 27.7 Å². The van der Waals surface area contributed by atoms with Crippen LogP contribution < -0.4 is 5.32 Å². The van der Waals surface area contributed by atoms with Gasteiger partial charge in [-0.05, 0) is 57.0 Å². The third-order valence-electron chi connectivity index (χ3n) is 4.92. The lowest BCUT2D eigenvalue weighted by Crippen LogP contribution is -2.19. The molecule has 0 spiro atoms. The van der Waals surface area contributed by atoms with Gasteiger partial charge < -0.3 is 5.32 Å². The average Bonchev–Trinajstić information content (AvgIpc) is 3.02. The van der Waals surface area contributed by atoms with Crippen LogP contribution in [0, 0.1) is 27.7 Å². The van der Waals surface area contributed by atoms with Crippen LogP contribution in [-0.4, -0.2) is 25.7 Å². The lowest BCUT2D eigenvalue weighted by atomic mass is 10.1. The second kappa shape index (κ2) is 7.40. The summed E-state index contributed by atoms with van der Waals surface area (Å²) in [5, 5.41) is 16.1. The predicted octanol–water partition coefficient (Wildman–Crippen LogP) is 5.04. The smallest absolute Gasteiger partial charge is 0.278 e. The highest BCUT2D eigenvalue weighted by atomic mass is 79.9. The van der Waals surface area contributed by atoms with Crippen molar-refractivity contribution in [2.24, 2.45) is 0 Å². The molecule has 0 aliphatic heterocycles. The van der Waals surface area contributed by atoms with Gasteiger partial charge in [-0.25, -0.2) is 4.52 Å². The van der Waals surface area contributed by atoms with E-state index in [9.17, 15) is 4.79 Å². The average molecular weight is 450 g/mol. The summed E-state index contributed by atoms with van der Waals surface area (Å²) in [4.78, 5) is 12.9. The Hall–Kier alpha value is -3.06. The van der Waals surface area contributed by atoms with E-state index in [1.807, 2.05) is 70.2 Å². The summed E-state index contributed by atoms with van der Waals surface area (Å²) in [6.07, 6.45) is 0. The molecule has 29 heavy (non-hydrogen) atoms. The van der Waals surface area contributed by atoms with Gasteiger partial charge in [0, 0.05) is 10.2 Å². The minimum absolute atomic E-state index is 0.252. The van der Waals surface area contributed by atoms with E-state index in [1.54, 1.807) is 4.52 Å². The minimum Gasteiger partial charge on any atom is -0.320 e. The van der Waals surface area contributed by atoms with Crippen LogP contribution in [0.25, 0.3) is 16.8 Å². The Balaban J connectivity index is 1.75. The third kappa shape index (κ3) is 3.53. The first-order valence-electron chi connectivity index (χ1n) is 9.22. The van der Waals surface area contributed by atoms with Gasteiger partial charge >= 0.3 is 0 Å². The molecular formula is C22H20BrN5O. The van der Waals surface area contributed by atoms with Crippen LogP contribution in [0.5, 0.6) is 0 Å². The molecule has 4 aromatic rings. The maximum atomic E-state index is 12.9. The fourth-order valence-electron chi connectivity index (χ4n) is 3.41. The Labute approximate surface area is 177 Å². The molecule has 2 aromatic carbocycles. The van der Waals surface area contributed by atoms with Gasteiger partial charge in [-0.15, -0.1) is 10.2 Å². The Bertz CT molecular complexity index is 1240. The summed E-state index contributed by atoms with van der Waals surface area (Å²) in [6, 6.07) is 13.9. The zero-order valence-corrected chi connectivity index (χ0v) is 18.2. The molecule has 0 saturated heterocycles. The third-order valence-corrected chi connectivity index (χ3v) is 5.45. The van der Waals surface area contributed by atoms with E-state index >= 15 is 0 Å². The number of benzene rings is 2. The molecule has 0 saturated carbocycles. The number of fused-ring (bicyclic) bond motifs is 1. The summed E-state index contributed by atoms with van der Waals surface area (Å²) in [5.74, 6) is -0.304. The topological polar surface area (TPSA) is 72.2 Å². The molecule has 1 N–H and O–H groups in total. The van der Waals surface area contributed by atoms with Gasteiger partial charge in [0.2, 0.25) is 0 Å². The maximum absolute atomic E-state index is 12.9. The number of carbonyl (C=O) groups excluding carboxylic acids is 1. The summed E-state index contributed by atoms with van der Waals surface area (Å²) >= 11 is 3.46. The quantitative estimate of drug-likeness (QED) is 0.475. The second-order valence-corrected chi connectivity index (χ2v) is 8.02. The number of amides is 1. The molecule has 0 bridgehead atoms. The first-order chi connectivity index (χ1) is 13.8. The Morgan fingerprint density at radius 3 is 2.41 bits per heavy atom. The molecule has 2 heterocycles. The van der Waals surface area contributed by atoms with E-state index < -0.39 is 0 Å². The maximum Gasteiger partial charge on any atom is 0.278 e. The number of hydrogen-bond donors (Lipinski definition) is 1. The van der Waals surface area contributed by atoms with Crippen molar-refractivity contribution >= 4 is 33.2 Å². The Kier molecular flexibility index (Phi) is 4.92. The molecule has 4 rings (SSSR count). The standard InChI is InChI=1S/C22H20BrN5O/c1-12-5-10-18(13(2)11-12)24-22(29)20-15(4)28-21(26-25-20)19(14(3)27-28)16-6-8-17(23)9-7-16/h5-11H,1-4H3,(H,24,29). The van der Waals surface area contributed by atoms with Gasteiger partial charge in [0.15, 0.2) is 11.3 Å². The number of aromatic nitrogens is 4. The van der Waals surface area contributed by atoms with Crippen LogP contribution in [0.2, 0.25) is 0 Å². The lowest BCUT2D eigenvalue weighted by molar-refractivity contribution is 0.102. The molecule has 7 heteroatoms. The van der Waals surface area contributed by atoms with Gasteiger partial charge in [0.25, 0.3) is 5.91 Å². The Morgan fingerprint density at radius 2 is 1.72 bits per heavy atom. The molecular weight excluding hydrogens is 430 g/mol. The predicted molar refractivity (Wildman–Crippen MR) is 117 cm³/mol. The zero-order chi connectivity index (χ0) is 20.7. The molecule has 0 aliphatic rings. The molecule has 6 nitrogen and oxygen atoms in total. The number of carbonyl (C=O) groups is 1. The van der Waals surface area contributed by atoms with E-state index in [0.717, 1.165) is 38.1 Å². The van der Waals surface area contributed by atoms with Crippen LogP contribution >= 0.6 is 15.9 Å². The number of halogens is 1. The number of aryl methyl sites for hydroxylation is 4. The Morgan fingerprint density at radius 1 is 1.00 bits per heavy atom. The first kappa shape index (κ1) is 19.3. The molecule has 0 atom stereocenters. The van der Waals surface area contributed by atoms with Crippen molar-refractivity contribution in [3.63, 3.8) is 0 Å². The number of nitrogens with zero attached hydrogens (tertiary/aromatic N) is 4. The highest BCUT2D eigenvalue weighted by Crippen LogP contribution is 2.29. The second-order valence-electron chi connectivity index (χ2n) is 7.11. The fourth-order valence-corrected chi connectivity index (χ4v) is 3.68.